The second kappa shape index (κ2) is 26.2. The molecule has 0 radical (unpaired) electrons. The van der Waals surface area contributed by atoms with Gasteiger partial charge in [0.15, 0.2) is 37.1 Å². The monoisotopic (exact) mass is 1090 g/mol. The Hall–Kier alpha value is -2.46. The lowest BCUT2D eigenvalue weighted by atomic mass is 9.81. The largest absolute Gasteiger partial charge is 0.394 e. The summed E-state index contributed by atoms with van der Waals surface area (Å²) in [5.74, 6) is -1.05. The zero-order chi connectivity index (χ0) is 55.4. The van der Waals surface area contributed by atoms with Crippen LogP contribution in [0.5, 0.6) is 0 Å². The molecule has 0 spiro atoms. The molecule has 4 aliphatic heterocycles. The maximum absolute atomic E-state index is 12.3. The van der Waals surface area contributed by atoms with Crippen LogP contribution in [0.3, 0.4) is 0 Å². The van der Waals surface area contributed by atoms with Gasteiger partial charge < -0.3 is 150 Å². The molecule has 4 heterocycles. The number of guanidine groups is 2. The number of ether oxygens (including phenoxy) is 8. The Kier molecular flexibility index (Phi) is 21.6. The number of nitrogens with zero attached hydrogens (tertiary/aromatic N) is 2. The molecule has 6 fully saturated rings. The lowest BCUT2D eigenvalue weighted by molar-refractivity contribution is -0.315. The Morgan fingerprint density at radius 2 is 1.31 bits per heavy atom. The topological polar surface area (TPSA) is 517 Å². The van der Waals surface area contributed by atoms with Gasteiger partial charge in [0.25, 0.3) is 0 Å². The fourth-order valence-corrected chi connectivity index (χ4v) is 11.0. The van der Waals surface area contributed by atoms with Crippen LogP contribution >= 0.6 is 0 Å². The summed E-state index contributed by atoms with van der Waals surface area (Å²) in [7, 11) is 4.86. The minimum atomic E-state index is -2.00. The molecule has 27 N–H and O–H groups in total. The van der Waals surface area contributed by atoms with Gasteiger partial charge in [0.05, 0.1) is 37.4 Å². The lowest BCUT2D eigenvalue weighted by Gasteiger charge is -2.48. The smallest absolute Gasteiger partial charge is 0.187 e. The van der Waals surface area contributed by atoms with E-state index >= 15 is 0 Å². The summed E-state index contributed by atoms with van der Waals surface area (Å²) in [4.78, 5) is 7.91. The van der Waals surface area contributed by atoms with E-state index in [1.54, 1.807) is 7.05 Å². The molecular formula is C44H87N13O18. The van der Waals surface area contributed by atoms with E-state index < -0.39 is 177 Å². The van der Waals surface area contributed by atoms with Crippen LogP contribution in [-0.4, -0.2) is 287 Å². The predicted molar refractivity (Wildman–Crippen MR) is 263 cm³/mol. The van der Waals surface area contributed by atoms with E-state index in [0.29, 0.717) is 19.4 Å². The van der Waals surface area contributed by atoms with Crippen molar-refractivity contribution < 1.29 is 89.0 Å². The maximum atomic E-state index is 12.3. The number of hydrogen-bond donors (Lipinski definition) is 21. The van der Waals surface area contributed by atoms with Gasteiger partial charge in [-0.1, -0.05) is 0 Å². The van der Waals surface area contributed by atoms with E-state index in [4.69, 9.17) is 72.3 Å². The molecule has 436 valence electrons. The maximum Gasteiger partial charge on any atom is 0.187 e. The van der Waals surface area contributed by atoms with Crippen molar-refractivity contribution in [3.8, 4) is 0 Å². The highest BCUT2D eigenvalue weighted by molar-refractivity contribution is 5.76. The molecule has 28 atom stereocenters. The minimum absolute atomic E-state index is 0.0714. The van der Waals surface area contributed by atoms with Crippen LogP contribution in [0.1, 0.15) is 40.0 Å². The third-order valence-corrected chi connectivity index (χ3v) is 15.5. The Labute approximate surface area is 435 Å². The standard InChI is InChI=1S/C44H87N13O18/c1-15(51-4)19-8-7-18(37(69-19)72-32-16(45)11-17(46)33(30(32)64)73-39-31(65)35(53-6)43(2,66)14-68-39)55-10-9-54-12-21-44(3,67)36(75-38-24(52-5)28(62)25(59)20(13-58)70-38)40(71-21)74-34-23(57-42(49)50)26(60)22(56-41(47)48)27(61)29(34)63/h15-40,51-55,58-67H,7-14,45-46H2,1-6H3,(H4,47,48,56)(H4,49,50,57)/t15?,16-,17+,18?,19-,20+,21+,22-,23+,24+,25+,26-,27+,28+,29-,30-,31+,32?,33?,34-,35+,36+,37?,38?,39?,40?,43-,44-/m0/s1. The number of nitrogens with one attached hydrogen (secondary N) is 5. The van der Waals surface area contributed by atoms with E-state index in [0.717, 1.165) is 0 Å². The molecule has 0 aromatic carbocycles. The van der Waals surface area contributed by atoms with Gasteiger partial charge >= 0.3 is 0 Å². The number of aliphatic imine (C=N–C) groups is 2. The zero-order valence-corrected chi connectivity index (χ0v) is 43.3. The first-order chi connectivity index (χ1) is 35.3. The van der Waals surface area contributed by atoms with Gasteiger partial charge in [0, 0.05) is 37.8 Å². The normalized spacial score (nSPS) is 48.0. The van der Waals surface area contributed by atoms with Crippen LogP contribution < -0.4 is 61.0 Å². The van der Waals surface area contributed by atoms with Crippen LogP contribution in [0.2, 0.25) is 0 Å². The second-order valence-electron chi connectivity index (χ2n) is 21.0. The quantitative estimate of drug-likeness (QED) is 0.0288. The van der Waals surface area contributed by atoms with Gasteiger partial charge in [0.1, 0.15) is 103 Å². The Morgan fingerprint density at radius 1 is 0.680 bits per heavy atom. The van der Waals surface area contributed by atoms with Crippen molar-refractivity contribution in [2.45, 2.75) is 210 Å². The van der Waals surface area contributed by atoms with Gasteiger partial charge in [0.2, 0.25) is 0 Å². The highest BCUT2D eigenvalue weighted by atomic mass is 16.8. The first-order valence-corrected chi connectivity index (χ1v) is 25.5. The SMILES string of the molecule is CNC(C)[C@@H]1CCC(NCCNC[C@H]2OC(O[C@@H]3[C@@H](O)[C@H](O)[C@@H](N=C(N)N)[C@H](O)[C@H]3N=C(N)N)[C@@H](OC3O[C@H](CO)[C@@H](O)[C@H](O)[C@H]3NC)[C@@]2(C)O)C(OC2[C@H](O)C(OC3OC[C@](C)(O)[C@H](NC)[C@H]3O)[C@H](N)C[C@@H]2N)O1. The van der Waals surface area contributed by atoms with E-state index in [-0.39, 0.29) is 38.3 Å². The fraction of sp³-hybridized carbons (Fsp3) is 0.955. The average Bonchev–Trinajstić information content (AvgIpc) is 3.58. The number of aliphatic hydroxyl groups is 10. The van der Waals surface area contributed by atoms with Crippen molar-refractivity contribution in [3.63, 3.8) is 0 Å². The summed E-state index contributed by atoms with van der Waals surface area (Å²) >= 11 is 0. The highest BCUT2D eigenvalue weighted by Gasteiger charge is 2.60. The average molecular weight is 1090 g/mol. The van der Waals surface area contributed by atoms with Gasteiger partial charge in [-0.3, -0.25) is 0 Å². The summed E-state index contributed by atoms with van der Waals surface area (Å²) < 4.78 is 49.7. The van der Waals surface area contributed by atoms with E-state index in [1.165, 1.54) is 20.9 Å². The van der Waals surface area contributed by atoms with Crippen LogP contribution in [0.25, 0.3) is 0 Å². The fourth-order valence-electron chi connectivity index (χ4n) is 11.0. The number of hydrogen-bond acceptors (Lipinski definition) is 27. The Morgan fingerprint density at radius 3 is 1.91 bits per heavy atom. The molecule has 8 unspecified atom stereocenters. The molecule has 0 amide bonds. The third kappa shape index (κ3) is 13.8. The van der Waals surface area contributed by atoms with Crippen LogP contribution in [0.15, 0.2) is 9.98 Å². The molecule has 6 rings (SSSR count). The summed E-state index contributed by atoms with van der Waals surface area (Å²) in [6.45, 7) is 4.47. The molecule has 2 saturated carbocycles. The third-order valence-electron chi connectivity index (χ3n) is 15.5. The molecule has 6 aliphatic rings. The van der Waals surface area contributed by atoms with Crippen LogP contribution in [-0.2, 0) is 37.9 Å². The number of rotatable bonds is 21. The molecular weight excluding hydrogens is 999 g/mol. The zero-order valence-electron chi connectivity index (χ0n) is 43.3. The van der Waals surface area contributed by atoms with Crippen molar-refractivity contribution in [1.82, 2.24) is 26.6 Å². The van der Waals surface area contributed by atoms with Crippen molar-refractivity contribution in [2.75, 3.05) is 54.0 Å². The van der Waals surface area contributed by atoms with Gasteiger partial charge in [-0.25, -0.2) is 9.98 Å². The van der Waals surface area contributed by atoms with Gasteiger partial charge in [-0.15, -0.1) is 0 Å². The second-order valence-corrected chi connectivity index (χ2v) is 21.0. The van der Waals surface area contributed by atoms with Crippen molar-refractivity contribution >= 4 is 11.9 Å². The molecule has 31 nitrogen and oxygen atoms in total. The summed E-state index contributed by atoms with van der Waals surface area (Å²) in [6, 6.07) is -7.00. The molecule has 0 bridgehead atoms. The molecule has 4 saturated heterocycles. The van der Waals surface area contributed by atoms with Crippen LogP contribution in [0.4, 0.5) is 0 Å². The number of aliphatic hydroxyl groups excluding tert-OH is 8. The van der Waals surface area contributed by atoms with Crippen molar-refractivity contribution in [2.24, 2.45) is 44.4 Å². The Bertz CT molecular complexity index is 1850. The first-order valence-electron chi connectivity index (χ1n) is 25.5. The van der Waals surface area contributed by atoms with Crippen molar-refractivity contribution in [1.29, 1.82) is 0 Å². The molecule has 0 aromatic heterocycles. The molecule has 75 heavy (non-hydrogen) atoms. The van der Waals surface area contributed by atoms with E-state index in [9.17, 15) is 51.1 Å². The Balaban J connectivity index is 1.16. The van der Waals surface area contributed by atoms with Crippen LogP contribution in [0, 0.1) is 0 Å². The summed E-state index contributed by atoms with van der Waals surface area (Å²) in [5, 5.41) is 127. The first kappa shape index (κ1) is 61.7. The minimum Gasteiger partial charge on any atom is -0.394 e. The molecule has 0 aromatic rings. The number of nitrogens with two attached hydrogens (primary N) is 6. The lowest BCUT2D eigenvalue weighted by Crippen LogP contribution is -2.68. The summed E-state index contributed by atoms with van der Waals surface area (Å²) in [5.41, 5.74) is 32.2. The van der Waals surface area contributed by atoms with Crippen molar-refractivity contribution in [3.05, 3.63) is 0 Å². The summed E-state index contributed by atoms with van der Waals surface area (Å²) in [6.07, 6.45) is -23.3. The van der Waals surface area contributed by atoms with E-state index in [2.05, 4.69) is 36.6 Å². The molecule has 31 heteroatoms. The van der Waals surface area contributed by atoms with Gasteiger partial charge in [-0.05, 0) is 61.2 Å². The highest BCUT2D eigenvalue weighted by Crippen LogP contribution is 2.40. The number of likely N-dealkylation sites (N-methyl/N-ethyl adjacent to an activating group) is 3. The van der Waals surface area contributed by atoms with E-state index in [1.807, 2.05) is 14.0 Å². The predicted octanol–water partition coefficient (Wildman–Crippen LogP) is -11.5. The van der Waals surface area contributed by atoms with Gasteiger partial charge in [-0.2, -0.15) is 0 Å². The molecule has 2 aliphatic carbocycles.